The van der Waals surface area contributed by atoms with E-state index in [0.717, 1.165) is 54.5 Å². The van der Waals surface area contributed by atoms with E-state index in [2.05, 4.69) is 15.3 Å². The molecule has 2 aromatic heterocycles. The summed E-state index contributed by atoms with van der Waals surface area (Å²) >= 11 is 0. The van der Waals surface area contributed by atoms with E-state index in [1.165, 1.54) is 0 Å². The Labute approximate surface area is 163 Å². The van der Waals surface area contributed by atoms with Gasteiger partial charge in [0.2, 0.25) is 0 Å². The van der Waals surface area contributed by atoms with Crippen LogP contribution in [0.1, 0.15) is 58.0 Å². The predicted octanol–water partition coefficient (Wildman–Crippen LogP) is 3.56. The maximum atomic E-state index is 13.0. The molecule has 5 heteroatoms. The lowest BCUT2D eigenvalue weighted by Gasteiger charge is -2.19. The smallest absolute Gasteiger partial charge is 0.261 e. The van der Waals surface area contributed by atoms with Crippen LogP contribution >= 0.6 is 0 Å². The van der Waals surface area contributed by atoms with Crippen LogP contribution in [0.4, 0.5) is 0 Å². The third-order valence-corrected chi connectivity index (χ3v) is 5.26. The van der Waals surface area contributed by atoms with Gasteiger partial charge in [0, 0.05) is 18.1 Å². The fraction of sp³-hybridized carbons (Fsp3) is 0.261. The van der Waals surface area contributed by atoms with E-state index in [4.69, 9.17) is 0 Å². The third kappa shape index (κ3) is 3.88. The molecular weight excluding hydrogens is 350 g/mol. The van der Waals surface area contributed by atoms with Crippen LogP contribution in [0.3, 0.4) is 0 Å². The van der Waals surface area contributed by atoms with E-state index in [0.29, 0.717) is 0 Å². The number of carbonyl (C=O) groups is 1. The highest BCUT2D eigenvalue weighted by atomic mass is 16.2. The molecule has 28 heavy (non-hydrogen) atoms. The molecule has 0 aliphatic heterocycles. The molecule has 0 spiro atoms. The van der Waals surface area contributed by atoms with Crippen LogP contribution in [0.2, 0.25) is 0 Å². The van der Waals surface area contributed by atoms with Gasteiger partial charge in [0.1, 0.15) is 5.56 Å². The van der Waals surface area contributed by atoms with Gasteiger partial charge in [0.15, 0.2) is 0 Å². The van der Waals surface area contributed by atoms with Crippen LogP contribution in [0.25, 0.3) is 0 Å². The largest absolute Gasteiger partial charge is 0.341 e. The second kappa shape index (κ2) is 8.21. The Morgan fingerprint density at radius 1 is 1.00 bits per heavy atom. The van der Waals surface area contributed by atoms with Crippen LogP contribution in [0.15, 0.2) is 65.7 Å². The Bertz CT molecular complexity index is 974. The van der Waals surface area contributed by atoms with Crippen molar-refractivity contribution in [2.75, 3.05) is 0 Å². The Hall–Kier alpha value is -3.21. The van der Waals surface area contributed by atoms with Crippen LogP contribution in [-0.2, 0) is 12.8 Å². The zero-order valence-corrected chi connectivity index (χ0v) is 15.7. The van der Waals surface area contributed by atoms with E-state index >= 15 is 0 Å². The van der Waals surface area contributed by atoms with Gasteiger partial charge in [-0.2, -0.15) is 0 Å². The molecule has 1 aromatic carbocycles. The lowest BCUT2D eigenvalue weighted by molar-refractivity contribution is 0.0941. The number of aromatic nitrogens is 2. The maximum Gasteiger partial charge on any atom is 0.261 e. The number of hydrogen-bond donors (Lipinski definition) is 2. The van der Waals surface area contributed by atoms with Crippen LogP contribution in [0, 0.1) is 0 Å². The van der Waals surface area contributed by atoms with Gasteiger partial charge in [-0.1, -0.05) is 42.8 Å². The van der Waals surface area contributed by atoms with Crippen molar-refractivity contribution in [3.05, 3.63) is 99.2 Å². The van der Waals surface area contributed by atoms with Crippen molar-refractivity contribution < 1.29 is 4.79 Å². The summed E-state index contributed by atoms with van der Waals surface area (Å²) < 4.78 is 0. The molecule has 2 N–H and O–H groups in total. The lowest BCUT2D eigenvalue weighted by Crippen LogP contribution is -2.34. The number of aryl methyl sites for hydroxylation is 2. The summed E-state index contributed by atoms with van der Waals surface area (Å²) in [6.45, 7) is 0. The molecule has 2 heterocycles. The summed E-state index contributed by atoms with van der Waals surface area (Å²) in [5.74, 6) is -0.369. The molecule has 0 bridgehead atoms. The number of aromatic amines is 1. The fourth-order valence-corrected chi connectivity index (χ4v) is 3.78. The van der Waals surface area contributed by atoms with Crippen molar-refractivity contribution in [2.45, 2.75) is 38.1 Å². The van der Waals surface area contributed by atoms with Gasteiger partial charge in [-0.05, 0) is 54.5 Å². The summed E-state index contributed by atoms with van der Waals surface area (Å²) in [6.07, 6.45) is 8.51. The number of rotatable bonds is 4. The molecule has 1 amide bonds. The van der Waals surface area contributed by atoms with Crippen LogP contribution in [-0.4, -0.2) is 15.9 Å². The summed E-state index contributed by atoms with van der Waals surface area (Å²) in [5.41, 5.74) is 3.72. The second-order valence-electron chi connectivity index (χ2n) is 7.18. The lowest BCUT2D eigenvalue weighted by atomic mass is 9.99. The minimum atomic E-state index is -0.374. The normalized spacial score (nSPS) is 14.6. The van der Waals surface area contributed by atoms with Gasteiger partial charge >= 0.3 is 0 Å². The molecule has 1 aliphatic rings. The quantitative estimate of drug-likeness (QED) is 0.687. The molecule has 1 atom stereocenters. The monoisotopic (exact) mass is 373 g/mol. The summed E-state index contributed by atoms with van der Waals surface area (Å²) in [7, 11) is 0. The van der Waals surface area contributed by atoms with E-state index in [-0.39, 0.29) is 23.1 Å². The summed E-state index contributed by atoms with van der Waals surface area (Å²) in [6, 6.07) is 14.9. The van der Waals surface area contributed by atoms with Crippen molar-refractivity contribution in [3.63, 3.8) is 0 Å². The van der Waals surface area contributed by atoms with Crippen molar-refractivity contribution >= 4 is 5.91 Å². The fourth-order valence-electron chi connectivity index (χ4n) is 3.78. The van der Waals surface area contributed by atoms with Gasteiger partial charge in [0.25, 0.3) is 11.5 Å². The number of nitrogens with one attached hydrogen (secondary N) is 2. The first-order valence-corrected chi connectivity index (χ1v) is 9.73. The third-order valence-electron chi connectivity index (χ3n) is 5.26. The van der Waals surface area contributed by atoms with Gasteiger partial charge < -0.3 is 10.3 Å². The van der Waals surface area contributed by atoms with Gasteiger partial charge in [-0.25, -0.2) is 0 Å². The van der Waals surface area contributed by atoms with Gasteiger partial charge in [0.05, 0.1) is 6.04 Å². The van der Waals surface area contributed by atoms with Gasteiger partial charge in [-0.15, -0.1) is 0 Å². The molecule has 0 fully saturated rings. The number of hydrogen-bond acceptors (Lipinski definition) is 3. The van der Waals surface area contributed by atoms with E-state index in [1.807, 2.05) is 42.5 Å². The molecule has 0 unspecified atom stereocenters. The molecule has 1 aliphatic carbocycles. The first-order valence-electron chi connectivity index (χ1n) is 9.73. The van der Waals surface area contributed by atoms with Gasteiger partial charge in [-0.3, -0.25) is 14.6 Å². The van der Waals surface area contributed by atoms with E-state index in [9.17, 15) is 9.59 Å². The zero-order valence-electron chi connectivity index (χ0n) is 15.7. The number of pyridine rings is 2. The van der Waals surface area contributed by atoms with Crippen LogP contribution < -0.4 is 10.9 Å². The van der Waals surface area contributed by atoms with Crippen molar-refractivity contribution in [2.24, 2.45) is 0 Å². The Balaban J connectivity index is 1.67. The van der Waals surface area contributed by atoms with Crippen molar-refractivity contribution in [1.82, 2.24) is 15.3 Å². The molecule has 3 aromatic rings. The van der Waals surface area contributed by atoms with Crippen LogP contribution in [0.5, 0.6) is 0 Å². The Kier molecular flexibility index (Phi) is 5.33. The maximum absolute atomic E-state index is 13.0. The van der Waals surface area contributed by atoms with E-state index < -0.39 is 0 Å². The first-order chi connectivity index (χ1) is 13.7. The van der Waals surface area contributed by atoms with Crippen molar-refractivity contribution in [1.29, 1.82) is 0 Å². The number of carbonyl (C=O) groups excluding carboxylic acids is 1. The number of fused-ring (bicyclic) bond motifs is 1. The predicted molar refractivity (Wildman–Crippen MR) is 108 cm³/mol. The topological polar surface area (TPSA) is 74.8 Å². The molecular formula is C23H23N3O2. The highest BCUT2D eigenvalue weighted by Gasteiger charge is 2.21. The zero-order chi connectivity index (χ0) is 19.3. The average molecular weight is 373 g/mol. The van der Waals surface area contributed by atoms with E-state index in [1.54, 1.807) is 18.5 Å². The molecule has 0 saturated carbocycles. The standard InChI is InChI=1S/C23H23N3O2/c27-22-19(14-17-10-5-2-6-12-20(17)25-22)23(28)26-21(16-8-3-1-4-9-16)18-11-7-13-24-15-18/h1,3-4,7-9,11,13-15,21H,2,5-6,10,12H2,(H,25,27)(H,26,28)/t21-/m0/s1. The number of amides is 1. The summed E-state index contributed by atoms with van der Waals surface area (Å²) in [5, 5.41) is 3.03. The summed E-state index contributed by atoms with van der Waals surface area (Å²) in [4.78, 5) is 32.7. The minimum Gasteiger partial charge on any atom is -0.341 e. The highest BCUT2D eigenvalue weighted by Crippen LogP contribution is 2.22. The molecule has 0 radical (unpaired) electrons. The molecule has 5 nitrogen and oxygen atoms in total. The Morgan fingerprint density at radius 2 is 1.79 bits per heavy atom. The number of benzene rings is 1. The van der Waals surface area contributed by atoms with Crippen molar-refractivity contribution in [3.8, 4) is 0 Å². The minimum absolute atomic E-state index is 0.172. The number of nitrogens with zero attached hydrogens (tertiary/aromatic N) is 1. The molecule has 142 valence electrons. The first kappa shape index (κ1) is 18.2. The second-order valence-corrected chi connectivity index (χ2v) is 7.18. The average Bonchev–Trinajstić information content (AvgIpc) is 2.97. The Morgan fingerprint density at radius 3 is 2.57 bits per heavy atom. The SMILES string of the molecule is O=C(N[C@@H](c1ccccc1)c1cccnc1)c1cc2c([nH]c1=O)CCCCC2. The number of H-pyrrole nitrogens is 1. The highest BCUT2D eigenvalue weighted by molar-refractivity contribution is 5.94. The molecule has 0 saturated heterocycles. The molecule has 4 rings (SSSR count).